The molecular formula is C17H17N3O4. The minimum atomic E-state index is -0.427. The number of aromatic hydroxyl groups is 1. The molecule has 0 aliphatic carbocycles. The standard InChI is InChI=1S/C17H17N3O4/c1-10-4-6-13(8-14(10)23-3)24-15-7-5-12(9-18-15)20-16(21)11(2)19-17(20)22/h4-9,21H,1-3H3,(H,19,22). The fourth-order valence-electron chi connectivity index (χ4n) is 2.33. The molecule has 7 heteroatoms. The van der Waals surface area contributed by atoms with Gasteiger partial charge in [0.25, 0.3) is 0 Å². The lowest BCUT2D eigenvalue weighted by molar-refractivity contribution is 0.404. The molecule has 2 heterocycles. The van der Waals surface area contributed by atoms with Crippen LogP contribution >= 0.6 is 0 Å². The van der Waals surface area contributed by atoms with Crippen LogP contribution in [0.25, 0.3) is 5.69 Å². The van der Waals surface area contributed by atoms with Crippen LogP contribution in [-0.4, -0.2) is 26.8 Å². The number of rotatable bonds is 4. The van der Waals surface area contributed by atoms with Crippen LogP contribution in [0.5, 0.6) is 23.3 Å². The van der Waals surface area contributed by atoms with E-state index in [1.54, 1.807) is 32.2 Å². The maximum absolute atomic E-state index is 11.8. The van der Waals surface area contributed by atoms with Crippen molar-refractivity contribution in [3.8, 4) is 28.9 Å². The van der Waals surface area contributed by atoms with Crippen LogP contribution in [0.4, 0.5) is 0 Å². The zero-order valence-corrected chi connectivity index (χ0v) is 13.5. The molecule has 0 saturated heterocycles. The summed E-state index contributed by atoms with van der Waals surface area (Å²) < 4.78 is 12.1. The molecule has 0 fully saturated rings. The minimum Gasteiger partial charge on any atom is -0.496 e. The summed E-state index contributed by atoms with van der Waals surface area (Å²) >= 11 is 0. The first kappa shape index (κ1) is 15.7. The van der Waals surface area contributed by atoms with E-state index in [1.807, 2.05) is 19.1 Å². The third-order valence-corrected chi connectivity index (χ3v) is 3.63. The first-order valence-electron chi connectivity index (χ1n) is 7.29. The molecular weight excluding hydrogens is 310 g/mol. The van der Waals surface area contributed by atoms with E-state index in [9.17, 15) is 9.90 Å². The maximum Gasteiger partial charge on any atom is 0.333 e. The smallest absolute Gasteiger partial charge is 0.333 e. The van der Waals surface area contributed by atoms with Crippen molar-refractivity contribution in [2.45, 2.75) is 13.8 Å². The van der Waals surface area contributed by atoms with Crippen molar-refractivity contribution in [1.29, 1.82) is 0 Å². The largest absolute Gasteiger partial charge is 0.496 e. The van der Waals surface area contributed by atoms with Crippen molar-refractivity contribution >= 4 is 0 Å². The van der Waals surface area contributed by atoms with Gasteiger partial charge in [-0.15, -0.1) is 0 Å². The number of methoxy groups -OCH3 is 1. The van der Waals surface area contributed by atoms with Crippen LogP contribution in [0.15, 0.2) is 41.3 Å². The van der Waals surface area contributed by atoms with Gasteiger partial charge in [0.2, 0.25) is 11.8 Å². The molecule has 0 aliphatic heterocycles. The number of nitrogens with one attached hydrogen (secondary N) is 1. The Labute approximate surface area is 138 Å². The molecule has 2 N–H and O–H groups in total. The van der Waals surface area contributed by atoms with Crippen molar-refractivity contribution in [3.05, 3.63) is 58.3 Å². The molecule has 3 aromatic rings. The van der Waals surface area contributed by atoms with Crippen molar-refractivity contribution < 1.29 is 14.6 Å². The molecule has 0 bridgehead atoms. The van der Waals surface area contributed by atoms with Gasteiger partial charge in [0.05, 0.1) is 24.7 Å². The van der Waals surface area contributed by atoms with Crippen LogP contribution in [0.3, 0.4) is 0 Å². The van der Waals surface area contributed by atoms with E-state index < -0.39 is 5.69 Å². The number of nitrogens with zero attached hydrogens (tertiary/aromatic N) is 2. The summed E-state index contributed by atoms with van der Waals surface area (Å²) in [5, 5.41) is 9.92. The molecule has 0 radical (unpaired) electrons. The van der Waals surface area contributed by atoms with Crippen molar-refractivity contribution in [3.63, 3.8) is 0 Å². The second-order valence-electron chi connectivity index (χ2n) is 5.30. The highest BCUT2D eigenvalue weighted by atomic mass is 16.5. The van der Waals surface area contributed by atoms with E-state index in [0.717, 1.165) is 15.9 Å². The summed E-state index contributed by atoms with van der Waals surface area (Å²) in [6.45, 7) is 3.56. The number of ether oxygens (including phenoxy) is 2. The van der Waals surface area contributed by atoms with Crippen molar-refractivity contribution in [1.82, 2.24) is 14.5 Å². The molecule has 7 nitrogen and oxygen atoms in total. The molecule has 0 unspecified atom stereocenters. The highest BCUT2D eigenvalue weighted by Crippen LogP contribution is 2.27. The lowest BCUT2D eigenvalue weighted by Gasteiger charge is -2.09. The lowest BCUT2D eigenvalue weighted by atomic mass is 10.2. The Hall–Kier alpha value is -3.22. The van der Waals surface area contributed by atoms with Gasteiger partial charge < -0.3 is 19.6 Å². The SMILES string of the molecule is COc1cc(Oc2ccc(-n3c(O)c(C)[nH]c3=O)cn2)ccc1C. The number of H-pyrrole nitrogens is 1. The average molecular weight is 327 g/mol. The van der Waals surface area contributed by atoms with E-state index in [0.29, 0.717) is 23.0 Å². The molecule has 0 atom stereocenters. The van der Waals surface area contributed by atoms with Gasteiger partial charge in [0.15, 0.2) is 0 Å². The summed E-state index contributed by atoms with van der Waals surface area (Å²) in [7, 11) is 1.60. The van der Waals surface area contributed by atoms with Gasteiger partial charge >= 0.3 is 5.69 Å². The molecule has 24 heavy (non-hydrogen) atoms. The number of benzene rings is 1. The van der Waals surface area contributed by atoms with E-state index in [4.69, 9.17) is 9.47 Å². The zero-order valence-electron chi connectivity index (χ0n) is 13.5. The number of pyridine rings is 1. The first-order valence-corrected chi connectivity index (χ1v) is 7.29. The van der Waals surface area contributed by atoms with E-state index in [1.165, 1.54) is 6.20 Å². The van der Waals surface area contributed by atoms with Gasteiger partial charge in [-0.1, -0.05) is 6.07 Å². The maximum atomic E-state index is 11.8. The van der Waals surface area contributed by atoms with Gasteiger partial charge in [-0.2, -0.15) is 0 Å². The Morgan fingerprint density at radius 3 is 2.58 bits per heavy atom. The quantitative estimate of drug-likeness (QED) is 0.769. The number of imidazole rings is 1. The highest BCUT2D eigenvalue weighted by molar-refractivity contribution is 5.42. The minimum absolute atomic E-state index is 0.140. The summed E-state index contributed by atoms with van der Waals surface area (Å²) in [5.41, 5.74) is 1.41. The topological polar surface area (TPSA) is 89.4 Å². The number of aromatic nitrogens is 3. The molecule has 124 valence electrons. The third-order valence-electron chi connectivity index (χ3n) is 3.63. The Morgan fingerprint density at radius 1 is 1.21 bits per heavy atom. The van der Waals surface area contributed by atoms with E-state index >= 15 is 0 Å². The van der Waals surface area contributed by atoms with Gasteiger partial charge in [-0.3, -0.25) is 0 Å². The monoisotopic (exact) mass is 327 g/mol. The number of hydrogen-bond acceptors (Lipinski definition) is 5. The van der Waals surface area contributed by atoms with E-state index in [2.05, 4.69) is 9.97 Å². The number of hydrogen-bond donors (Lipinski definition) is 2. The van der Waals surface area contributed by atoms with Crippen LogP contribution in [0.1, 0.15) is 11.3 Å². The summed E-state index contributed by atoms with van der Waals surface area (Å²) in [4.78, 5) is 18.5. The van der Waals surface area contributed by atoms with Crippen LogP contribution < -0.4 is 15.2 Å². The lowest BCUT2D eigenvalue weighted by Crippen LogP contribution is -2.14. The highest BCUT2D eigenvalue weighted by Gasteiger charge is 2.12. The summed E-state index contributed by atoms with van der Waals surface area (Å²) in [6.07, 6.45) is 1.45. The summed E-state index contributed by atoms with van der Waals surface area (Å²) in [6, 6.07) is 8.75. The Balaban J connectivity index is 1.86. The fraction of sp³-hybridized carbons (Fsp3) is 0.176. The summed E-state index contributed by atoms with van der Waals surface area (Å²) in [5.74, 6) is 1.54. The molecule has 2 aromatic heterocycles. The second-order valence-corrected chi connectivity index (χ2v) is 5.30. The molecule has 0 saturated carbocycles. The van der Waals surface area contributed by atoms with Crippen molar-refractivity contribution in [2.24, 2.45) is 0 Å². The predicted molar refractivity (Wildman–Crippen MR) is 88.4 cm³/mol. The zero-order chi connectivity index (χ0) is 17.3. The van der Waals surface area contributed by atoms with Crippen LogP contribution in [0.2, 0.25) is 0 Å². The van der Waals surface area contributed by atoms with Crippen molar-refractivity contribution in [2.75, 3.05) is 7.11 Å². The normalized spacial score (nSPS) is 10.6. The Morgan fingerprint density at radius 2 is 2.00 bits per heavy atom. The molecule has 0 amide bonds. The predicted octanol–water partition coefficient (Wildman–Crippen LogP) is 2.68. The Bertz CT molecular complexity index is 926. The van der Waals surface area contributed by atoms with E-state index in [-0.39, 0.29) is 5.88 Å². The Kier molecular flexibility index (Phi) is 3.99. The third kappa shape index (κ3) is 2.83. The second kappa shape index (κ2) is 6.11. The van der Waals surface area contributed by atoms with Crippen LogP contribution in [-0.2, 0) is 0 Å². The first-order chi connectivity index (χ1) is 11.5. The number of aryl methyl sites for hydroxylation is 2. The fourth-order valence-corrected chi connectivity index (χ4v) is 2.33. The van der Waals surface area contributed by atoms with Gasteiger partial charge in [-0.25, -0.2) is 14.3 Å². The molecule has 3 rings (SSSR count). The van der Waals surface area contributed by atoms with Crippen LogP contribution in [0, 0.1) is 13.8 Å². The average Bonchev–Trinajstić information content (AvgIpc) is 2.83. The van der Waals surface area contributed by atoms with Gasteiger partial charge in [0, 0.05) is 12.1 Å². The molecule has 1 aromatic carbocycles. The van der Waals surface area contributed by atoms with Gasteiger partial charge in [0.1, 0.15) is 11.5 Å². The molecule has 0 spiro atoms. The number of aromatic amines is 1. The van der Waals surface area contributed by atoms with Gasteiger partial charge in [-0.05, 0) is 31.5 Å². The molecule has 0 aliphatic rings.